The molecule has 9 heteroatoms. The molecule has 0 N–H and O–H groups in total. The van der Waals surface area contributed by atoms with Crippen molar-refractivity contribution in [3.8, 4) is 5.75 Å². The Kier molecular flexibility index (Phi) is 5.02. The highest BCUT2D eigenvalue weighted by atomic mass is 16.5. The summed E-state index contributed by atoms with van der Waals surface area (Å²) >= 11 is 0. The normalized spacial score (nSPS) is 16.4. The van der Waals surface area contributed by atoms with E-state index < -0.39 is 6.10 Å². The van der Waals surface area contributed by atoms with Crippen LogP contribution in [0.2, 0.25) is 0 Å². The third-order valence-corrected chi connectivity index (χ3v) is 5.70. The summed E-state index contributed by atoms with van der Waals surface area (Å²) in [5, 5.41) is 5.80. The van der Waals surface area contributed by atoms with Gasteiger partial charge < -0.3 is 14.4 Å². The second kappa shape index (κ2) is 8.01. The van der Waals surface area contributed by atoms with E-state index in [9.17, 15) is 9.59 Å². The maximum Gasteiger partial charge on any atom is 0.258 e. The molecule has 1 unspecified atom stereocenters. The largest absolute Gasteiger partial charge is 0.496 e. The number of amides is 1. The molecule has 32 heavy (non-hydrogen) atoms. The highest BCUT2D eigenvalue weighted by Crippen LogP contribution is 2.32. The van der Waals surface area contributed by atoms with Crippen molar-refractivity contribution in [3.63, 3.8) is 0 Å². The number of morpholine rings is 1. The van der Waals surface area contributed by atoms with Gasteiger partial charge in [-0.2, -0.15) is 14.6 Å². The van der Waals surface area contributed by atoms with E-state index in [2.05, 4.69) is 15.1 Å². The molecule has 2 aromatic carbocycles. The van der Waals surface area contributed by atoms with Crippen molar-refractivity contribution in [2.45, 2.75) is 13.0 Å². The summed E-state index contributed by atoms with van der Waals surface area (Å²) < 4.78 is 13.1. The van der Waals surface area contributed by atoms with Gasteiger partial charge in [0.2, 0.25) is 0 Å². The van der Waals surface area contributed by atoms with Crippen LogP contribution in [0.3, 0.4) is 0 Å². The van der Waals surface area contributed by atoms with Crippen LogP contribution in [0.4, 0.5) is 0 Å². The molecule has 3 heterocycles. The molecule has 2 aromatic heterocycles. The van der Waals surface area contributed by atoms with Gasteiger partial charge in [-0.05, 0) is 29.8 Å². The molecule has 1 amide bonds. The van der Waals surface area contributed by atoms with Crippen LogP contribution in [-0.4, -0.2) is 63.5 Å². The number of carbonyl (C=O) groups is 2. The Morgan fingerprint density at radius 1 is 1.28 bits per heavy atom. The van der Waals surface area contributed by atoms with Crippen LogP contribution in [0.5, 0.6) is 5.75 Å². The number of methoxy groups -OCH3 is 1. The average Bonchev–Trinajstić information content (AvgIpc) is 3.30. The van der Waals surface area contributed by atoms with E-state index in [0.717, 1.165) is 23.1 Å². The average molecular weight is 431 g/mol. The molecular formula is C23H21N5O4. The number of hydrogen-bond acceptors (Lipinski definition) is 7. The van der Waals surface area contributed by atoms with Crippen molar-refractivity contribution < 1.29 is 19.1 Å². The summed E-state index contributed by atoms with van der Waals surface area (Å²) in [6.07, 6.45) is 1.75. The minimum Gasteiger partial charge on any atom is -0.496 e. The molecule has 0 bridgehead atoms. The molecule has 0 saturated carbocycles. The summed E-state index contributed by atoms with van der Waals surface area (Å²) in [6, 6.07) is 11.1. The lowest BCUT2D eigenvalue weighted by Crippen LogP contribution is -2.43. The van der Waals surface area contributed by atoms with E-state index in [-0.39, 0.29) is 11.5 Å². The molecule has 1 aliphatic heterocycles. The maximum absolute atomic E-state index is 13.6. The Hall–Kier alpha value is -3.85. The Morgan fingerprint density at radius 2 is 2.12 bits per heavy atom. The van der Waals surface area contributed by atoms with Crippen LogP contribution >= 0.6 is 0 Å². The molecule has 1 fully saturated rings. The molecule has 1 saturated heterocycles. The Bertz CT molecular complexity index is 1350. The predicted molar refractivity (Wildman–Crippen MR) is 116 cm³/mol. The first-order valence-corrected chi connectivity index (χ1v) is 10.2. The zero-order valence-electron chi connectivity index (χ0n) is 17.7. The number of aldehydes is 1. The fourth-order valence-electron chi connectivity index (χ4n) is 4.21. The summed E-state index contributed by atoms with van der Waals surface area (Å²) in [7, 11) is 1.50. The first-order chi connectivity index (χ1) is 15.6. The molecule has 9 nitrogen and oxygen atoms in total. The highest BCUT2D eigenvalue weighted by Gasteiger charge is 2.31. The Labute approximate surface area is 183 Å². The van der Waals surface area contributed by atoms with Crippen LogP contribution in [-0.2, 0) is 4.74 Å². The van der Waals surface area contributed by atoms with Crippen molar-refractivity contribution >= 4 is 28.7 Å². The first kappa shape index (κ1) is 20.1. The van der Waals surface area contributed by atoms with Gasteiger partial charge in [0.05, 0.1) is 31.5 Å². The standard InChI is InChI=1S/C23H21N5O4/c1-14-9-18(28-23(26-14)24-13-25-28)20-11-27(7-8-32-20)22(30)21-17(12-29)16-6-4-3-5-15(16)10-19(21)31-2/h3-6,9-10,12-13,20H,7-8,11H2,1-2H3. The zero-order valence-corrected chi connectivity index (χ0v) is 17.7. The topological polar surface area (TPSA) is 98.9 Å². The number of carbonyl (C=O) groups excluding carboxylic acids is 2. The van der Waals surface area contributed by atoms with E-state index in [0.29, 0.717) is 42.2 Å². The first-order valence-electron chi connectivity index (χ1n) is 10.2. The highest BCUT2D eigenvalue weighted by molar-refractivity contribution is 6.12. The molecule has 1 aliphatic rings. The Morgan fingerprint density at radius 3 is 2.94 bits per heavy atom. The van der Waals surface area contributed by atoms with Crippen LogP contribution in [0.1, 0.15) is 38.2 Å². The lowest BCUT2D eigenvalue weighted by Gasteiger charge is -2.33. The van der Waals surface area contributed by atoms with Gasteiger partial charge in [0, 0.05) is 17.8 Å². The minimum atomic E-state index is -0.412. The summed E-state index contributed by atoms with van der Waals surface area (Å²) in [4.78, 5) is 35.9. The van der Waals surface area contributed by atoms with Crippen LogP contribution in [0.25, 0.3) is 16.6 Å². The summed E-state index contributed by atoms with van der Waals surface area (Å²) in [5.41, 5.74) is 2.14. The van der Waals surface area contributed by atoms with E-state index in [1.807, 2.05) is 37.3 Å². The van der Waals surface area contributed by atoms with Crippen LogP contribution in [0, 0.1) is 6.92 Å². The van der Waals surface area contributed by atoms with Crippen LogP contribution < -0.4 is 4.74 Å². The predicted octanol–water partition coefficient (Wildman–Crippen LogP) is 2.62. The number of aromatic nitrogens is 4. The van der Waals surface area contributed by atoms with Gasteiger partial charge >= 0.3 is 0 Å². The van der Waals surface area contributed by atoms with Crippen molar-refractivity contribution in [3.05, 3.63) is 65.2 Å². The summed E-state index contributed by atoms with van der Waals surface area (Å²) in [6.45, 7) is 2.92. The number of rotatable bonds is 4. The molecule has 1 atom stereocenters. The van der Waals surface area contributed by atoms with Crippen molar-refractivity contribution in [2.75, 3.05) is 26.8 Å². The van der Waals surface area contributed by atoms with E-state index in [1.54, 1.807) is 15.5 Å². The number of fused-ring (bicyclic) bond motifs is 2. The number of ether oxygens (including phenoxy) is 2. The molecule has 5 rings (SSSR count). The van der Waals surface area contributed by atoms with Crippen molar-refractivity contribution in [1.82, 2.24) is 24.5 Å². The van der Waals surface area contributed by atoms with Gasteiger partial charge in [-0.25, -0.2) is 4.98 Å². The van der Waals surface area contributed by atoms with E-state index >= 15 is 0 Å². The van der Waals surface area contributed by atoms with Gasteiger partial charge in [-0.3, -0.25) is 9.59 Å². The van der Waals surface area contributed by atoms with Gasteiger partial charge in [0.15, 0.2) is 6.29 Å². The molecule has 0 aliphatic carbocycles. The molecule has 4 aromatic rings. The van der Waals surface area contributed by atoms with Gasteiger partial charge in [0.1, 0.15) is 18.2 Å². The number of hydrogen-bond donors (Lipinski definition) is 0. The lowest BCUT2D eigenvalue weighted by molar-refractivity contribution is -0.0258. The van der Waals surface area contributed by atoms with Crippen molar-refractivity contribution in [1.29, 1.82) is 0 Å². The quantitative estimate of drug-likeness (QED) is 0.458. The maximum atomic E-state index is 13.6. The van der Waals surface area contributed by atoms with E-state index in [1.165, 1.54) is 13.4 Å². The second-order valence-electron chi connectivity index (χ2n) is 7.61. The van der Waals surface area contributed by atoms with Gasteiger partial charge in [-0.15, -0.1) is 0 Å². The Balaban J connectivity index is 1.54. The number of nitrogens with zero attached hydrogens (tertiary/aromatic N) is 5. The zero-order chi connectivity index (χ0) is 22.2. The fourth-order valence-corrected chi connectivity index (χ4v) is 4.21. The third kappa shape index (κ3) is 3.27. The summed E-state index contributed by atoms with van der Waals surface area (Å²) in [5.74, 6) is 0.576. The third-order valence-electron chi connectivity index (χ3n) is 5.70. The fraction of sp³-hybridized carbons (Fsp3) is 0.261. The van der Waals surface area contributed by atoms with Crippen molar-refractivity contribution in [2.24, 2.45) is 0 Å². The second-order valence-corrected chi connectivity index (χ2v) is 7.61. The molecule has 162 valence electrons. The SMILES string of the molecule is COc1cc2ccccc2c(C=O)c1C(=O)N1CCOC(c2cc(C)nc3ncnn23)C1. The van der Waals surface area contributed by atoms with Crippen LogP contribution in [0.15, 0.2) is 42.7 Å². The number of benzene rings is 2. The number of aryl methyl sites for hydroxylation is 1. The van der Waals surface area contributed by atoms with Gasteiger partial charge in [-0.1, -0.05) is 24.3 Å². The van der Waals surface area contributed by atoms with E-state index in [4.69, 9.17) is 9.47 Å². The molecule has 0 radical (unpaired) electrons. The monoisotopic (exact) mass is 431 g/mol. The smallest absolute Gasteiger partial charge is 0.258 e. The lowest BCUT2D eigenvalue weighted by atomic mass is 9.97. The van der Waals surface area contributed by atoms with Gasteiger partial charge in [0.25, 0.3) is 11.7 Å². The minimum absolute atomic E-state index is 0.263. The molecule has 0 spiro atoms. The molecular weight excluding hydrogens is 410 g/mol.